The molecule has 0 N–H and O–H groups in total. The first-order chi connectivity index (χ1) is 15.6. The van der Waals surface area contributed by atoms with Crippen molar-refractivity contribution in [1.82, 2.24) is 0 Å². The van der Waals surface area contributed by atoms with Crippen molar-refractivity contribution in [2.75, 3.05) is 7.11 Å². The first-order valence-electron chi connectivity index (χ1n) is 9.94. The third kappa shape index (κ3) is 4.66. The molecular weight excluding hydrogens is 469 g/mol. The molecule has 0 heterocycles. The monoisotopic (exact) mass is 487 g/mol. The first kappa shape index (κ1) is 21.6. The van der Waals surface area contributed by atoms with E-state index < -0.39 is 0 Å². The second-order valence-corrected chi connectivity index (χ2v) is 8.00. The van der Waals surface area contributed by atoms with Crippen LogP contribution in [0.3, 0.4) is 0 Å². The largest absolute Gasteiger partial charge is 0.493 e. The summed E-state index contributed by atoms with van der Waals surface area (Å²) in [6, 6.07) is 26.4. The van der Waals surface area contributed by atoms with Crippen LogP contribution in [0.4, 0.5) is 4.39 Å². The van der Waals surface area contributed by atoms with Crippen LogP contribution in [0.5, 0.6) is 11.5 Å². The van der Waals surface area contributed by atoms with Gasteiger partial charge in [0, 0.05) is 5.56 Å². The number of methoxy groups -OCH3 is 1. The van der Waals surface area contributed by atoms with Crippen LogP contribution in [0.15, 0.2) is 83.3 Å². The van der Waals surface area contributed by atoms with Gasteiger partial charge in [-0.1, -0.05) is 54.6 Å². The Balaban J connectivity index is 1.65. The van der Waals surface area contributed by atoms with Crippen LogP contribution in [0.2, 0.25) is 0 Å². The lowest BCUT2D eigenvalue weighted by Crippen LogP contribution is -2.01. The average Bonchev–Trinajstić information content (AvgIpc) is 2.82. The fourth-order valence-electron chi connectivity index (χ4n) is 3.43. The molecule has 0 aromatic heterocycles. The van der Waals surface area contributed by atoms with Crippen molar-refractivity contribution in [2.45, 2.75) is 6.61 Å². The van der Waals surface area contributed by atoms with Crippen molar-refractivity contribution in [3.63, 3.8) is 0 Å². The summed E-state index contributed by atoms with van der Waals surface area (Å²) in [5.74, 6) is 0.631. The molecule has 0 unspecified atom stereocenters. The smallest absolute Gasteiger partial charge is 0.175 e. The number of allylic oxidation sites excluding steroid dienone is 1. The zero-order valence-electron chi connectivity index (χ0n) is 17.3. The molecule has 158 valence electrons. The zero-order valence-corrected chi connectivity index (χ0v) is 18.9. The lowest BCUT2D eigenvalue weighted by Gasteiger charge is -2.14. The SMILES string of the molecule is COc1cc(/C=C(/C#N)c2ccc3ccccc3c2)cc(Br)c1OCc1ccccc1F. The van der Waals surface area contributed by atoms with Crippen LogP contribution < -0.4 is 9.47 Å². The van der Waals surface area contributed by atoms with Crippen molar-refractivity contribution in [1.29, 1.82) is 5.26 Å². The van der Waals surface area contributed by atoms with Gasteiger partial charge in [0.15, 0.2) is 11.5 Å². The molecule has 4 rings (SSSR count). The molecule has 0 bridgehead atoms. The number of halogens is 2. The molecule has 0 fully saturated rings. The molecule has 0 spiro atoms. The molecule has 32 heavy (non-hydrogen) atoms. The minimum Gasteiger partial charge on any atom is -0.493 e. The number of nitrogens with zero attached hydrogens (tertiary/aromatic N) is 1. The number of fused-ring (bicyclic) bond motifs is 1. The van der Waals surface area contributed by atoms with E-state index in [2.05, 4.69) is 22.0 Å². The Labute approximate surface area is 194 Å². The summed E-state index contributed by atoms with van der Waals surface area (Å²) in [5, 5.41) is 12.0. The predicted molar refractivity (Wildman–Crippen MR) is 129 cm³/mol. The molecule has 5 heteroatoms. The Morgan fingerprint density at radius 1 is 1.00 bits per heavy atom. The Hall–Kier alpha value is -3.62. The molecule has 4 aromatic carbocycles. The predicted octanol–water partition coefficient (Wildman–Crippen LogP) is 7.39. The van der Waals surface area contributed by atoms with Crippen molar-refractivity contribution >= 4 is 38.4 Å². The van der Waals surface area contributed by atoms with Gasteiger partial charge >= 0.3 is 0 Å². The summed E-state index contributed by atoms with van der Waals surface area (Å²) in [4.78, 5) is 0. The van der Waals surface area contributed by atoms with Gasteiger partial charge in [-0.15, -0.1) is 0 Å². The fourth-order valence-corrected chi connectivity index (χ4v) is 4.01. The molecule has 0 aliphatic rings. The molecular formula is C27H19BrFNO2. The molecule has 0 aliphatic heterocycles. The Morgan fingerprint density at radius 3 is 2.50 bits per heavy atom. The maximum atomic E-state index is 13.9. The van der Waals surface area contributed by atoms with E-state index in [1.807, 2.05) is 48.5 Å². The number of benzene rings is 4. The van der Waals surface area contributed by atoms with Crippen molar-refractivity contribution in [3.8, 4) is 17.6 Å². The van der Waals surface area contributed by atoms with Gasteiger partial charge < -0.3 is 9.47 Å². The molecule has 4 aromatic rings. The fraction of sp³-hybridized carbons (Fsp3) is 0.0741. The second kappa shape index (κ2) is 9.67. The minimum absolute atomic E-state index is 0.0668. The lowest BCUT2D eigenvalue weighted by molar-refractivity contribution is 0.278. The van der Waals surface area contributed by atoms with Gasteiger partial charge in [0.2, 0.25) is 0 Å². The van der Waals surface area contributed by atoms with Crippen LogP contribution in [-0.2, 0) is 6.61 Å². The van der Waals surface area contributed by atoms with Gasteiger partial charge in [-0.05, 0) is 68.2 Å². The molecule has 0 saturated heterocycles. The van der Waals surface area contributed by atoms with E-state index in [1.165, 1.54) is 6.07 Å². The van der Waals surface area contributed by atoms with Crippen LogP contribution in [0.1, 0.15) is 16.7 Å². The van der Waals surface area contributed by atoms with Gasteiger partial charge in [-0.3, -0.25) is 0 Å². The first-order valence-corrected chi connectivity index (χ1v) is 10.7. The summed E-state index contributed by atoms with van der Waals surface area (Å²) < 4.78 is 25.9. The highest BCUT2D eigenvalue weighted by molar-refractivity contribution is 9.10. The maximum Gasteiger partial charge on any atom is 0.175 e. The van der Waals surface area contributed by atoms with E-state index in [1.54, 1.807) is 37.5 Å². The van der Waals surface area contributed by atoms with Gasteiger partial charge in [-0.25, -0.2) is 4.39 Å². The van der Waals surface area contributed by atoms with E-state index >= 15 is 0 Å². The van der Waals surface area contributed by atoms with Gasteiger partial charge in [0.05, 0.1) is 23.2 Å². The Bertz CT molecular complexity index is 1360. The van der Waals surface area contributed by atoms with Crippen molar-refractivity contribution in [2.24, 2.45) is 0 Å². The molecule has 0 aliphatic carbocycles. The topological polar surface area (TPSA) is 42.2 Å². The third-order valence-corrected chi connectivity index (χ3v) is 5.66. The number of hydrogen-bond acceptors (Lipinski definition) is 3. The van der Waals surface area contributed by atoms with Crippen LogP contribution in [0, 0.1) is 17.1 Å². The van der Waals surface area contributed by atoms with Crippen molar-refractivity contribution in [3.05, 3.63) is 106 Å². The number of ether oxygens (including phenoxy) is 2. The third-order valence-electron chi connectivity index (χ3n) is 5.07. The number of nitriles is 1. The summed E-state index contributed by atoms with van der Waals surface area (Å²) in [7, 11) is 1.54. The Kier molecular flexibility index (Phi) is 6.53. The van der Waals surface area contributed by atoms with Crippen LogP contribution in [0.25, 0.3) is 22.4 Å². The van der Waals surface area contributed by atoms with Crippen molar-refractivity contribution < 1.29 is 13.9 Å². The average molecular weight is 488 g/mol. The normalized spacial score (nSPS) is 11.2. The van der Waals surface area contributed by atoms with Gasteiger partial charge in [0.1, 0.15) is 12.4 Å². The highest BCUT2D eigenvalue weighted by Crippen LogP contribution is 2.38. The molecule has 0 radical (unpaired) electrons. The van der Waals surface area contributed by atoms with E-state index in [0.29, 0.717) is 27.1 Å². The van der Waals surface area contributed by atoms with Crippen LogP contribution in [-0.4, -0.2) is 7.11 Å². The summed E-state index contributed by atoms with van der Waals surface area (Å²) in [6.45, 7) is 0.0668. The van der Waals surface area contributed by atoms with E-state index in [9.17, 15) is 9.65 Å². The Morgan fingerprint density at radius 2 is 1.75 bits per heavy atom. The van der Waals surface area contributed by atoms with Gasteiger partial charge in [-0.2, -0.15) is 5.26 Å². The van der Waals surface area contributed by atoms with E-state index in [4.69, 9.17) is 9.47 Å². The van der Waals surface area contributed by atoms with E-state index in [-0.39, 0.29) is 12.4 Å². The molecule has 0 amide bonds. The highest BCUT2D eigenvalue weighted by Gasteiger charge is 2.13. The van der Waals surface area contributed by atoms with Crippen LogP contribution >= 0.6 is 15.9 Å². The molecule has 3 nitrogen and oxygen atoms in total. The summed E-state index contributed by atoms with van der Waals surface area (Å²) in [6.07, 6.45) is 1.80. The molecule has 0 saturated carbocycles. The number of rotatable bonds is 6. The standard InChI is InChI=1S/C27H19BrFNO2/c1-31-26-14-18(13-24(28)27(26)32-17-22-8-4-5-9-25(22)29)12-23(16-30)21-11-10-19-6-2-3-7-20(19)15-21/h2-15H,17H2,1H3/b23-12-. The number of hydrogen-bond donors (Lipinski definition) is 0. The van der Waals surface area contributed by atoms with Gasteiger partial charge in [0.25, 0.3) is 0 Å². The zero-order chi connectivity index (χ0) is 22.5. The van der Waals surface area contributed by atoms with E-state index in [0.717, 1.165) is 21.9 Å². The molecule has 0 atom stereocenters. The quantitative estimate of drug-likeness (QED) is 0.210. The summed E-state index contributed by atoms with van der Waals surface area (Å²) in [5.41, 5.74) is 2.59. The minimum atomic E-state index is -0.323. The highest BCUT2D eigenvalue weighted by atomic mass is 79.9. The second-order valence-electron chi connectivity index (χ2n) is 7.15. The summed E-state index contributed by atoms with van der Waals surface area (Å²) >= 11 is 3.52. The lowest BCUT2D eigenvalue weighted by atomic mass is 10.00. The maximum absolute atomic E-state index is 13.9.